The Labute approximate surface area is 114 Å². The van der Waals surface area contributed by atoms with Gasteiger partial charge in [-0.2, -0.15) is 0 Å². The van der Waals surface area contributed by atoms with Gasteiger partial charge in [-0.25, -0.2) is 0 Å². The summed E-state index contributed by atoms with van der Waals surface area (Å²) in [5, 5.41) is 3.87. The van der Waals surface area contributed by atoms with E-state index in [0.29, 0.717) is 0 Å². The molecule has 3 N–H and O–H groups in total. The summed E-state index contributed by atoms with van der Waals surface area (Å²) in [6.45, 7) is 13.6. The van der Waals surface area contributed by atoms with Crippen LogP contribution < -0.4 is 11.1 Å². The maximum absolute atomic E-state index is 6.10. The van der Waals surface area contributed by atoms with Crippen LogP contribution in [-0.2, 0) is 0 Å². The molecule has 0 saturated heterocycles. The van der Waals surface area contributed by atoms with Gasteiger partial charge in [-0.15, -0.1) is 0 Å². The molecule has 0 amide bonds. The standard InChI is InChI=1S/C16H34N2/c1-12(2)15(13(3)4)10-18-16(11-17)9-7-6-8-14(16)5/h12-15,18H,6-11,17H2,1-5H3. The molecule has 1 fully saturated rings. The Kier molecular flexibility index (Phi) is 6.13. The third kappa shape index (κ3) is 3.71. The van der Waals surface area contributed by atoms with Crippen LogP contribution in [0, 0.1) is 23.7 Å². The highest BCUT2D eigenvalue weighted by molar-refractivity contribution is 4.97. The lowest BCUT2D eigenvalue weighted by Gasteiger charge is -2.44. The Hall–Kier alpha value is -0.0800. The molecule has 1 saturated carbocycles. The van der Waals surface area contributed by atoms with Crippen molar-refractivity contribution < 1.29 is 0 Å². The monoisotopic (exact) mass is 254 g/mol. The second kappa shape index (κ2) is 6.91. The Bertz CT molecular complexity index is 229. The van der Waals surface area contributed by atoms with E-state index < -0.39 is 0 Å². The van der Waals surface area contributed by atoms with Crippen molar-refractivity contribution in [1.82, 2.24) is 5.32 Å². The fourth-order valence-corrected chi connectivity index (χ4v) is 3.61. The third-order valence-electron chi connectivity index (χ3n) is 5.22. The first kappa shape index (κ1) is 16.0. The molecular formula is C16H34N2. The molecule has 18 heavy (non-hydrogen) atoms. The van der Waals surface area contributed by atoms with Crippen LogP contribution in [0.3, 0.4) is 0 Å². The molecular weight excluding hydrogens is 220 g/mol. The van der Waals surface area contributed by atoms with Crippen molar-refractivity contribution in [3.8, 4) is 0 Å². The third-order valence-corrected chi connectivity index (χ3v) is 5.22. The van der Waals surface area contributed by atoms with Gasteiger partial charge in [0.25, 0.3) is 0 Å². The van der Waals surface area contributed by atoms with Gasteiger partial charge in [0.05, 0.1) is 0 Å². The van der Waals surface area contributed by atoms with Crippen molar-refractivity contribution in [1.29, 1.82) is 0 Å². The lowest BCUT2D eigenvalue weighted by atomic mass is 9.73. The molecule has 0 heterocycles. The average molecular weight is 254 g/mol. The molecule has 2 heteroatoms. The summed E-state index contributed by atoms with van der Waals surface area (Å²) in [6, 6.07) is 0. The zero-order valence-corrected chi connectivity index (χ0v) is 13.1. The number of hydrogen-bond donors (Lipinski definition) is 2. The summed E-state index contributed by atoms with van der Waals surface area (Å²) >= 11 is 0. The van der Waals surface area contributed by atoms with Crippen LogP contribution in [0.4, 0.5) is 0 Å². The van der Waals surface area contributed by atoms with Crippen LogP contribution in [0.2, 0.25) is 0 Å². The predicted octanol–water partition coefficient (Wildman–Crippen LogP) is 3.41. The van der Waals surface area contributed by atoms with Crippen molar-refractivity contribution in [2.45, 2.75) is 65.8 Å². The minimum Gasteiger partial charge on any atom is -0.329 e. The molecule has 1 aliphatic carbocycles. The molecule has 0 aromatic carbocycles. The Morgan fingerprint density at radius 1 is 1.17 bits per heavy atom. The molecule has 2 unspecified atom stereocenters. The van der Waals surface area contributed by atoms with Gasteiger partial charge < -0.3 is 11.1 Å². The van der Waals surface area contributed by atoms with Crippen LogP contribution in [0.25, 0.3) is 0 Å². The van der Waals surface area contributed by atoms with Gasteiger partial charge in [-0.1, -0.05) is 47.5 Å². The normalized spacial score (nSPS) is 29.5. The average Bonchev–Trinajstić information content (AvgIpc) is 2.31. The fraction of sp³-hybridized carbons (Fsp3) is 1.00. The maximum Gasteiger partial charge on any atom is 0.0329 e. The molecule has 0 spiro atoms. The van der Waals surface area contributed by atoms with Gasteiger partial charge in [0.15, 0.2) is 0 Å². The topological polar surface area (TPSA) is 38.0 Å². The molecule has 0 aromatic heterocycles. The summed E-state index contributed by atoms with van der Waals surface area (Å²) in [5.74, 6) is 2.95. The first-order valence-corrected chi connectivity index (χ1v) is 7.88. The SMILES string of the molecule is CC(C)C(CNC1(CN)CCCCC1C)C(C)C. The van der Waals surface area contributed by atoms with Crippen molar-refractivity contribution in [2.24, 2.45) is 29.4 Å². The Morgan fingerprint density at radius 2 is 1.78 bits per heavy atom. The van der Waals surface area contributed by atoms with Crippen LogP contribution in [0.15, 0.2) is 0 Å². The Balaban J connectivity index is 2.62. The van der Waals surface area contributed by atoms with Crippen molar-refractivity contribution in [3.05, 3.63) is 0 Å². The van der Waals surface area contributed by atoms with E-state index in [4.69, 9.17) is 5.73 Å². The first-order valence-electron chi connectivity index (χ1n) is 7.88. The first-order chi connectivity index (χ1) is 8.43. The summed E-state index contributed by atoms with van der Waals surface area (Å²) in [7, 11) is 0. The van der Waals surface area contributed by atoms with E-state index in [9.17, 15) is 0 Å². The zero-order chi connectivity index (χ0) is 13.8. The molecule has 108 valence electrons. The van der Waals surface area contributed by atoms with E-state index in [2.05, 4.69) is 39.9 Å². The minimum absolute atomic E-state index is 0.209. The Morgan fingerprint density at radius 3 is 2.22 bits per heavy atom. The fourth-order valence-electron chi connectivity index (χ4n) is 3.61. The quantitative estimate of drug-likeness (QED) is 0.762. The van der Waals surface area contributed by atoms with Gasteiger partial charge in [0.1, 0.15) is 0 Å². The van der Waals surface area contributed by atoms with Crippen molar-refractivity contribution in [2.75, 3.05) is 13.1 Å². The number of nitrogens with two attached hydrogens (primary N) is 1. The highest BCUT2D eigenvalue weighted by Gasteiger charge is 2.37. The van der Waals surface area contributed by atoms with E-state index >= 15 is 0 Å². The minimum atomic E-state index is 0.209. The van der Waals surface area contributed by atoms with Crippen LogP contribution >= 0.6 is 0 Å². The van der Waals surface area contributed by atoms with Crippen LogP contribution in [-0.4, -0.2) is 18.6 Å². The highest BCUT2D eigenvalue weighted by Crippen LogP contribution is 2.33. The molecule has 0 radical (unpaired) electrons. The predicted molar refractivity (Wildman–Crippen MR) is 80.6 cm³/mol. The largest absolute Gasteiger partial charge is 0.329 e. The lowest BCUT2D eigenvalue weighted by molar-refractivity contribution is 0.139. The summed E-state index contributed by atoms with van der Waals surface area (Å²) in [4.78, 5) is 0. The summed E-state index contributed by atoms with van der Waals surface area (Å²) in [6.07, 6.45) is 5.30. The molecule has 0 aromatic rings. The number of nitrogens with one attached hydrogen (secondary N) is 1. The number of rotatable bonds is 6. The number of hydrogen-bond acceptors (Lipinski definition) is 2. The van der Waals surface area contributed by atoms with Crippen molar-refractivity contribution >= 4 is 0 Å². The summed E-state index contributed by atoms with van der Waals surface area (Å²) < 4.78 is 0. The van der Waals surface area contributed by atoms with Crippen molar-refractivity contribution in [3.63, 3.8) is 0 Å². The van der Waals surface area contributed by atoms with E-state index in [1.54, 1.807) is 0 Å². The van der Waals surface area contributed by atoms with Crippen LogP contribution in [0.5, 0.6) is 0 Å². The van der Waals surface area contributed by atoms with E-state index in [0.717, 1.165) is 36.8 Å². The highest BCUT2D eigenvalue weighted by atomic mass is 15.0. The van der Waals surface area contributed by atoms with E-state index in [1.807, 2.05) is 0 Å². The molecule has 2 nitrogen and oxygen atoms in total. The molecule has 1 aliphatic rings. The van der Waals surface area contributed by atoms with Gasteiger partial charge in [-0.3, -0.25) is 0 Å². The van der Waals surface area contributed by atoms with Crippen LogP contribution in [0.1, 0.15) is 60.3 Å². The molecule has 0 bridgehead atoms. The van der Waals surface area contributed by atoms with Gasteiger partial charge in [0.2, 0.25) is 0 Å². The molecule has 2 atom stereocenters. The van der Waals surface area contributed by atoms with E-state index in [-0.39, 0.29) is 5.54 Å². The second-order valence-corrected chi connectivity index (χ2v) is 7.04. The lowest BCUT2D eigenvalue weighted by Crippen LogP contribution is -2.58. The maximum atomic E-state index is 6.10. The molecule has 1 rings (SSSR count). The molecule has 0 aliphatic heterocycles. The van der Waals surface area contributed by atoms with Gasteiger partial charge >= 0.3 is 0 Å². The van der Waals surface area contributed by atoms with Gasteiger partial charge in [0, 0.05) is 12.1 Å². The van der Waals surface area contributed by atoms with E-state index in [1.165, 1.54) is 25.7 Å². The van der Waals surface area contributed by atoms with Gasteiger partial charge in [-0.05, 0) is 43.1 Å². The summed E-state index contributed by atoms with van der Waals surface area (Å²) in [5.41, 5.74) is 6.31. The smallest absolute Gasteiger partial charge is 0.0329 e. The zero-order valence-electron chi connectivity index (χ0n) is 13.1. The second-order valence-electron chi connectivity index (χ2n) is 7.04.